The second kappa shape index (κ2) is 8.51. The Bertz CT molecular complexity index is 1020. The smallest absolute Gasteiger partial charge is 0.263 e. The maximum atomic E-state index is 12.3. The molecule has 0 saturated carbocycles. The van der Waals surface area contributed by atoms with Gasteiger partial charge in [-0.1, -0.05) is 12.1 Å². The topological polar surface area (TPSA) is 97.4 Å². The Hall–Kier alpha value is -2.43. The molecule has 0 unspecified atom stereocenters. The molecule has 2 aromatic carbocycles. The van der Waals surface area contributed by atoms with Crippen LogP contribution in [-0.4, -0.2) is 25.9 Å². The minimum atomic E-state index is -3.72. The van der Waals surface area contributed by atoms with Crippen LogP contribution in [0, 0.1) is 0 Å². The van der Waals surface area contributed by atoms with Gasteiger partial charge in [-0.05, 0) is 52.3 Å². The number of rotatable bonds is 7. The first-order chi connectivity index (χ1) is 12.9. The first-order valence-corrected chi connectivity index (χ1v) is 10.8. The molecular formula is C17H14BrN3O4S2. The minimum Gasteiger partial charge on any atom is -0.483 e. The predicted octanol–water partition coefficient (Wildman–Crippen LogP) is 3.72. The number of thiazole rings is 1. The monoisotopic (exact) mass is 467 g/mol. The van der Waals surface area contributed by atoms with E-state index in [1.807, 2.05) is 12.1 Å². The zero-order valence-electron chi connectivity index (χ0n) is 13.8. The molecule has 0 bridgehead atoms. The van der Waals surface area contributed by atoms with Crippen LogP contribution in [-0.2, 0) is 14.8 Å². The van der Waals surface area contributed by atoms with E-state index in [2.05, 4.69) is 31.0 Å². The third-order valence-corrected chi connectivity index (χ3v) is 6.13. The molecule has 1 amide bonds. The van der Waals surface area contributed by atoms with Crippen LogP contribution in [0.15, 0.2) is 69.5 Å². The summed E-state index contributed by atoms with van der Waals surface area (Å²) in [6.45, 7) is -0.172. The van der Waals surface area contributed by atoms with Crippen molar-refractivity contribution < 1.29 is 17.9 Å². The molecule has 0 aliphatic carbocycles. The number of hydrogen-bond acceptors (Lipinski definition) is 6. The van der Waals surface area contributed by atoms with Crippen molar-refractivity contribution in [3.8, 4) is 5.75 Å². The van der Waals surface area contributed by atoms with Crippen molar-refractivity contribution in [3.05, 3.63) is 64.6 Å². The molecule has 0 aliphatic rings. The predicted molar refractivity (Wildman–Crippen MR) is 108 cm³/mol. The number of aromatic nitrogens is 1. The van der Waals surface area contributed by atoms with E-state index in [1.165, 1.54) is 41.8 Å². The molecule has 2 N–H and O–H groups in total. The lowest BCUT2D eigenvalue weighted by Crippen LogP contribution is -2.20. The molecule has 1 aromatic heterocycles. The molecule has 0 aliphatic heterocycles. The number of sulfonamides is 1. The Balaban J connectivity index is 1.58. The third-order valence-electron chi connectivity index (χ3n) is 3.30. The van der Waals surface area contributed by atoms with Crippen LogP contribution in [0.5, 0.6) is 5.75 Å². The van der Waals surface area contributed by atoms with Gasteiger partial charge in [-0.25, -0.2) is 13.4 Å². The second-order valence-corrected chi connectivity index (χ2v) is 8.67. The lowest BCUT2D eigenvalue weighted by molar-refractivity contribution is -0.118. The van der Waals surface area contributed by atoms with E-state index in [9.17, 15) is 13.2 Å². The maximum absolute atomic E-state index is 12.3. The average molecular weight is 468 g/mol. The lowest BCUT2D eigenvalue weighted by Gasteiger charge is -2.09. The van der Waals surface area contributed by atoms with Crippen molar-refractivity contribution in [3.63, 3.8) is 0 Å². The van der Waals surface area contributed by atoms with Crippen LogP contribution in [0.2, 0.25) is 0 Å². The highest BCUT2D eigenvalue weighted by Crippen LogP contribution is 2.24. The molecule has 7 nitrogen and oxygen atoms in total. The summed E-state index contributed by atoms with van der Waals surface area (Å²) in [5.41, 5.74) is 0.462. The van der Waals surface area contributed by atoms with Crippen LogP contribution in [0.25, 0.3) is 0 Å². The van der Waals surface area contributed by atoms with Gasteiger partial charge in [0.1, 0.15) is 5.75 Å². The fraction of sp³-hybridized carbons (Fsp3) is 0.0588. The van der Waals surface area contributed by atoms with Gasteiger partial charge in [-0.3, -0.25) is 9.52 Å². The second-order valence-electron chi connectivity index (χ2n) is 5.23. The Morgan fingerprint density at radius 2 is 1.89 bits per heavy atom. The van der Waals surface area contributed by atoms with Gasteiger partial charge in [-0.2, -0.15) is 0 Å². The molecule has 27 heavy (non-hydrogen) atoms. The summed E-state index contributed by atoms with van der Waals surface area (Å²) in [6.07, 6.45) is 1.51. The summed E-state index contributed by atoms with van der Waals surface area (Å²) in [7, 11) is -3.72. The van der Waals surface area contributed by atoms with E-state index in [1.54, 1.807) is 17.5 Å². The Morgan fingerprint density at radius 1 is 1.15 bits per heavy atom. The van der Waals surface area contributed by atoms with E-state index >= 15 is 0 Å². The number of amides is 1. The van der Waals surface area contributed by atoms with Gasteiger partial charge in [0.25, 0.3) is 15.9 Å². The normalized spacial score (nSPS) is 11.0. The van der Waals surface area contributed by atoms with Crippen LogP contribution >= 0.6 is 27.3 Å². The van der Waals surface area contributed by atoms with E-state index in [0.717, 1.165) is 4.47 Å². The fourth-order valence-electron chi connectivity index (χ4n) is 2.07. The summed E-state index contributed by atoms with van der Waals surface area (Å²) in [4.78, 5) is 16.0. The molecule has 0 saturated heterocycles. The average Bonchev–Trinajstić information content (AvgIpc) is 3.14. The fourth-order valence-corrected chi connectivity index (χ4v) is 4.26. The summed E-state index contributed by atoms with van der Waals surface area (Å²) >= 11 is 4.52. The van der Waals surface area contributed by atoms with Gasteiger partial charge in [0.05, 0.1) is 9.37 Å². The summed E-state index contributed by atoms with van der Waals surface area (Å²) in [6, 6.07) is 13.0. The number of anilines is 2. The van der Waals surface area contributed by atoms with Crippen molar-refractivity contribution in [2.24, 2.45) is 0 Å². The van der Waals surface area contributed by atoms with Gasteiger partial charge in [-0.15, -0.1) is 11.3 Å². The Labute approximate surface area is 168 Å². The lowest BCUT2D eigenvalue weighted by atomic mass is 10.3. The number of carbonyl (C=O) groups excluding carboxylic acids is 1. The summed E-state index contributed by atoms with van der Waals surface area (Å²) in [5, 5.41) is 4.61. The molecule has 10 heteroatoms. The highest BCUT2D eigenvalue weighted by molar-refractivity contribution is 9.10. The van der Waals surface area contributed by atoms with Gasteiger partial charge < -0.3 is 10.1 Å². The first kappa shape index (κ1) is 19.3. The number of carbonyl (C=O) groups is 1. The van der Waals surface area contributed by atoms with Crippen molar-refractivity contribution in [1.29, 1.82) is 0 Å². The van der Waals surface area contributed by atoms with Crippen LogP contribution < -0.4 is 14.8 Å². The molecule has 0 radical (unpaired) electrons. The molecule has 0 spiro atoms. The van der Waals surface area contributed by atoms with E-state index in [0.29, 0.717) is 11.4 Å². The molecule has 0 fully saturated rings. The first-order valence-electron chi connectivity index (χ1n) is 7.63. The zero-order chi connectivity index (χ0) is 19.3. The molecular weight excluding hydrogens is 454 g/mol. The maximum Gasteiger partial charge on any atom is 0.263 e. The number of para-hydroxylation sites is 1. The zero-order valence-corrected chi connectivity index (χ0v) is 17.0. The minimum absolute atomic E-state index is 0.0696. The highest BCUT2D eigenvalue weighted by Gasteiger charge is 2.15. The quantitative estimate of drug-likeness (QED) is 0.551. The van der Waals surface area contributed by atoms with Gasteiger partial charge >= 0.3 is 0 Å². The van der Waals surface area contributed by atoms with E-state index in [4.69, 9.17) is 4.74 Å². The number of ether oxygens (including phenoxy) is 1. The Morgan fingerprint density at radius 3 is 2.56 bits per heavy atom. The largest absolute Gasteiger partial charge is 0.483 e. The van der Waals surface area contributed by atoms with Crippen molar-refractivity contribution in [2.75, 3.05) is 16.6 Å². The standard InChI is InChI=1S/C17H14BrN3O4S2/c18-14-3-1-2-4-15(14)25-11-16(22)20-12-5-7-13(8-6-12)27(23,24)21-17-19-9-10-26-17/h1-10H,11H2,(H,19,21)(H,20,22). The van der Waals surface area contributed by atoms with Gasteiger partial charge in [0, 0.05) is 17.3 Å². The van der Waals surface area contributed by atoms with E-state index < -0.39 is 10.0 Å². The third kappa shape index (κ3) is 5.28. The van der Waals surface area contributed by atoms with Crippen LogP contribution in [0.4, 0.5) is 10.8 Å². The molecule has 0 atom stereocenters. The van der Waals surface area contributed by atoms with Crippen molar-refractivity contribution >= 4 is 54.0 Å². The van der Waals surface area contributed by atoms with Crippen molar-refractivity contribution in [1.82, 2.24) is 4.98 Å². The van der Waals surface area contributed by atoms with Gasteiger partial charge in [0.15, 0.2) is 11.7 Å². The Kier molecular flexibility index (Phi) is 6.09. The summed E-state index contributed by atoms with van der Waals surface area (Å²) in [5.74, 6) is 0.199. The summed E-state index contributed by atoms with van der Waals surface area (Å²) < 4.78 is 33.1. The molecule has 3 aromatic rings. The number of halogens is 1. The molecule has 1 heterocycles. The van der Waals surface area contributed by atoms with Crippen molar-refractivity contribution in [2.45, 2.75) is 4.90 Å². The number of hydrogen-bond donors (Lipinski definition) is 2. The highest BCUT2D eigenvalue weighted by atomic mass is 79.9. The van der Waals surface area contributed by atoms with E-state index in [-0.39, 0.29) is 22.5 Å². The number of nitrogens with one attached hydrogen (secondary N) is 2. The SMILES string of the molecule is O=C(COc1ccccc1Br)Nc1ccc(S(=O)(=O)Nc2nccs2)cc1. The van der Waals surface area contributed by atoms with Gasteiger partial charge in [0.2, 0.25) is 0 Å². The van der Waals surface area contributed by atoms with Crippen LogP contribution in [0.3, 0.4) is 0 Å². The number of nitrogens with zero attached hydrogens (tertiary/aromatic N) is 1. The molecule has 3 rings (SSSR count). The van der Waals surface area contributed by atoms with Crippen LogP contribution in [0.1, 0.15) is 0 Å². The number of benzene rings is 2. The molecule has 140 valence electrons.